The molecule has 0 radical (unpaired) electrons. The number of nitrogens with zero attached hydrogens (tertiary/aromatic N) is 1. The predicted molar refractivity (Wildman–Crippen MR) is 77.4 cm³/mol. The quantitative estimate of drug-likeness (QED) is 0.913. The molecule has 1 aromatic rings. The Kier molecular flexibility index (Phi) is 4.34. The van der Waals surface area contributed by atoms with Crippen LogP contribution in [0.4, 0.5) is 0 Å². The lowest BCUT2D eigenvalue weighted by atomic mass is 9.80. The molecule has 0 aromatic carbocycles. The number of nitrogens with two attached hydrogens (primary N) is 1. The molecule has 4 nitrogen and oxygen atoms in total. The average Bonchev–Trinajstić information content (AvgIpc) is 2.93. The Hall–Kier alpha value is -0.970. The van der Waals surface area contributed by atoms with Gasteiger partial charge in [0.1, 0.15) is 0 Å². The smallest absolute Gasteiger partial charge is 0.0939 e. The van der Waals surface area contributed by atoms with Gasteiger partial charge in [-0.2, -0.15) is 0 Å². The van der Waals surface area contributed by atoms with Crippen molar-refractivity contribution in [2.75, 3.05) is 19.8 Å². The number of aryl methyl sites for hydroxylation is 1. The maximum absolute atomic E-state index is 6.44. The van der Waals surface area contributed by atoms with Gasteiger partial charge in [0.15, 0.2) is 0 Å². The van der Waals surface area contributed by atoms with E-state index >= 15 is 0 Å². The standard InChI is InChI=1S/C16H24N2O2/c17-15(2-1-13-3-7-18-8-4-13)14-5-9-20-16(11-14)6-10-19-12-16/h3-4,7-8,14-15H,1-2,5-6,9-12,17H2. The minimum Gasteiger partial charge on any atom is -0.378 e. The monoisotopic (exact) mass is 276 g/mol. The van der Waals surface area contributed by atoms with E-state index in [0.29, 0.717) is 5.92 Å². The van der Waals surface area contributed by atoms with E-state index in [-0.39, 0.29) is 11.6 Å². The van der Waals surface area contributed by atoms with Crippen LogP contribution in [-0.4, -0.2) is 36.4 Å². The third-order valence-corrected chi connectivity index (χ3v) is 4.72. The highest BCUT2D eigenvalue weighted by Gasteiger charge is 2.42. The Balaban J connectivity index is 1.53. The molecule has 20 heavy (non-hydrogen) atoms. The van der Waals surface area contributed by atoms with E-state index in [4.69, 9.17) is 15.2 Å². The SMILES string of the molecule is NC(CCc1ccncc1)C1CCOC2(CCOC2)C1. The summed E-state index contributed by atoms with van der Waals surface area (Å²) in [5.74, 6) is 0.562. The Morgan fingerprint density at radius 3 is 2.95 bits per heavy atom. The van der Waals surface area contributed by atoms with E-state index < -0.39 is 0 Å². The van der Waals surface area contributed by atoms with Crippen molar-refractivity contribution in [3.63, 3.8) is 0 Å². The van der Waals surface area contributed by atoms with Crippen LogP contribution in [0.5, 0.6) is 0 Å². The highest BCUT2D eigenvalue weighted by atomic mass is 16.6. The van der Waals surface area contributed by atoms with Crippen molar-refractivity contribution in [1.29, 1.82) is 0 Å². The minimum atomic E-state index is -0.0306. The molecule has 1 spiro atoms. The molecular formula is C16H24N2O2. The fourth-order valence-corrected chi connectivity index (χ4v) is 3.41. The Morgan fingerprint density at radius 2 is 2.20 bits per heavy atom. The van der Waals surface area contributed by atoms with Crippen LogP contribution in [0.2, 0.25) is 0 Å². The number of pyridine rings is 1. The zero-order chi connectivity index (χ0) is 13.8. The van der Waals surface area contributed by atoms with E-state index in [1.165, 1.54) is 5.56 Å². The molecular weight excluding hydrogens is 252 g/mol. The van der Waals surface area contributed by atoms with Crippen molar-refractivity contribution in [2.45, 2.75) is 43.7 Å². The van der Waals surface area contributed by atoms with Gasteiger partial charge < -0.3 is 15.2 Å². The number of aromatic nitrogens is 1. The molecule has 1 aromatic heterocycles. The molecule has 2 aliphatic rings. The summed E-state index contributed by atoms with van der Waals surface area (Å²) < 4.78 is 11.5. The summed E-state index contributed by atoms with van der Waals surface area (Å²) in [5, 5.41) is 0. The van der Waals surface area contributed by atoms with Gasteiger partial charge in [0.05, 0.1) is 12.2 Å². The molecule has 2 fully saturated rings. The van der Waals surface area contributed by atoms with Gasteiger partial charge in [-0.1, -0.05) is 0 Å². The molecule has 2 aliphatic heterocycles. The van der Waals surface area contributed by atoms with Gasteiger partial charge in [-0.3, -0.25) is 4.98 Å². The van der Waals surface area contributed by atoms with E-state index in [9.17, 15) is 0 Å². The molecule has 3 heterocycles. The topological polar surface area (TPSA) is 57.4 Å². The Labute approximate surface area is 120 Å². The van der Waals surface area contributed by atoms with Crippen LogP contribution >= 0.6 is 0 Å². The predicted octanol–water partition coefficient (Wildman–Crippen LogP) is 1.93. The van der Waals surface area contributed by atoms with E-state index in [1.807, 2.05) is 12.4 Å². The first-order valence-electron chi connectivity index (χ1n) is 7.64. The van der Waals surface area contributed by atoms with Gasteiger partial charge in [0, 0.05) is 38.1 Å². The molecule has 4 heteroatoms. The fourth-order valence-electron chi connectivity index (χ4n) is 3.41. The second-order valence-electron chi connectivity index (χ2n) is 6.14. The van der Waals surface area contributed by atoms with Crippen molar-refractivity contribution in [1.82, 2.24) is 4.98 Å². The second-order valence-corrected chi connectivity index (χ2v) is 6.14. The number of hydrogen-bond acceptors (Lipinski definition) is 4. The zero-order valence-electron chi connectivity index (χ0n) is 12.0. The maximum Gasteiger partial charge on any atom is 0.0939 e. The molecule has 2 saturated heterocycles. The molecule has 3 rings (SSSR count). The summed E-state index contributed by atoms with van der Waals surface area (Å²) in [6.45, 7) is 2.41. The van der Waals surface area contributed by atoms with Crippen LogP contribution in [0.1, 0.15) is 31.2 Å². The average molecular weight is 276 g/mol. The summed E-state index contributed by atoms with van der Waals surface area (Å²) in [6, 6.07) is 4.40. The number of hydrogen-bond donors (Lipinski definition) is 1. The lowest BCUT2D eigenvalue weighted by molar-refractivity contribution is -0.101. The van der Waals surface area contributed by atoms with E-state index in [1.54, 1.807) is 0 Å². The Bertz CT molecular complexity index is 418. The van der Waals surface area contributed by atoms with Crippen molar-refractivity contribution >= 4 is 0 Å². The number of ether oxygens (including phenoxy) is 2. The lowest BCUT2D eigenvalue weighted by Crippen LogP contribution is -2.45. The summed E-state index contributed by atoms with van der Waals surface area (Å²) >= 11 is 0. The molecule has 0 saturated carbocycles. The van der Waals surface area contributed by atoms with Crippen LogP contribution < -0.4 is 5.73 Å². The summed E-state index contributed by atoms with van der Waals surface area (Å²) in [4.78, 5) is 4.05. The lowest BCUT2D eigenvalue weighted by Gasteiger charge is -2.39. The van der Waals surface area contributed by atoms with Gasteiger partial charge in [-0.05, 0) is 49.3 Å². The van der Waals surface area contributed by atoms with Gasteiger partial charge in [-0.25, -0.2) is 0 Å². The summed E-state index contributed by atoms with van der Waals surface area (Å²) in [7, 11) is 0. The van der Waals surface area contributed by atoms with Gasteiger partial charge in [-0.15, -0.1) is 0 Å². The first kappa shape index (κ1) is 14.0. The molecule has 3 unspecified atom stereocenters. The normalized spacial score (nSPS) is 31.6. The van der Waals surface area contributed by atoms with Crippen molar-refractivity contribution in [3.8, 4) is 0 Å². The van der Waals surface area contributed by atoms with E-state index in [0.717, 1.165) is 51.9 Å². The van der Waals surface area contributed by atoms with Crippen molar-refractivity contribution in [3.05, 3.63) is 30.1 Å². The van der Waals surface area contributed by atoms with Gasteiger partial charge in [0.2, 0.25) is 0 Å². The molecule has 0 aliphatic carbocycles. The highest BCUT2D eigenvalue weighted by Crippen LogP contribution is 2.37. The molecule has 110 valence electrons. The molecule has 0 amide bonds. The number of rotatable bonds is 4. The van der Waals surface area contributed by atoms with Crippen LogP contribution in [0.25, 0.3) is 0 Å². The summed E-state index contributed by atoms with van der Waals surface area (Å²) in [6.07, 6.45) is 8.93. The van der Waals surface area contributed by atoms with Crippen molar-refractivity contribution < 1.29 is 9.47 Å². The maximum atomic E-state index is 6.44. The third kappa shape index (κ3) is 3.19. The first-order valence-corrected chi connectivity index (χ1v) is 7.64. The van der Waals surface area contributed by atoms with Gasteiger partial charge in [0.25, 0.3) is 0 Å². The Morgan fingerprint density at radius 1 is 1.35 bits per heavy atom. The fraction of sp³-hybridized carbons (Fsp3) is 0.688. The van der Waals surface area contributed by atoms with Crippen LogP contribution in [0.3, 0.4) is 0 Å². The molecule has 2 N–H and O–H groups in total. The minimum absolute atomic E-state index is 0.0306. The molecule has 0 bridgehead atoms. The van der Waals surface area contributed by atoms with Crippen molar-refractivity contribution in [2.24, 2.45) is 11.7 Å². The third-order valence-electron chi connectivity index (χ3n) is 4.72. The van der Waals surface area contributed by atoms with Crippen LogP contribution in [0.15, 0.2) is 24.5 Å². The van der Waals surface area contributed by atoms with Crippen LogP contribution in [-0.2, 0) is 15.9 Å². The molecule has 3 atom stereocenters. The zero-order valence-corrected chi connectivity index (χ0v) is 12.0. The van der Waals surface area contributed by atoms with E-state index in [2.05, 4.69) is 17.1 Å². The summed E-state index contributed by atoms with van der Waals surface area (Å²) in [5.41, 5.74) is 7.73. The second kappa shape index (κ2) is 6.20. The largest absolute Gasteiger partial charge is 0.378 e. The highest BCUT2D eigenvalue weighted by molar-refractivity contribution is 5.10. The van der Waals surface area contributed by atoms with Crippen LogP contribution in [0, 0.1) is 5.92 Å². The van der Waals surface area contributed by atoms with Gasteiger partial charge >= 0.3 is 0 Å². The first-order chi connectivity index (χ1) is 9.77.